The first-order chi connectivity index (χ1) is 22.8. The first-order valence-electron chi connectivity index (χ1n) is 16.1. The van der Waals surface area contributed by atoms with Crippen molar-refractivity contribution in [2.45, 2.75) is 103 Å². The number of likely N-dealkylation sites (tertiary alicyclic amines) is 1. The average Bonchev–Trinajstić information content (AvgIpc) is 3.50. The average molecular weight is 692 g/mol. The number of amides is 6. The molecule has 1 aromatic carbocycles. The second kappa shape index (κ2) is 18.1. The van der Waals surface area contributed by atoms with Gasteiger partial charge in [0.05, 0.1) is 18.6 Å². The molecule has 0 radical (unpaired) electrons. The number of phenolic OH excluding ortho intramolecular Hbond substituents is 1. The minimum Gasteiger partial charge on any atom is -0.508 e. The van der Waals surface area contributed by atoms with Gasteiger partial charge >= 0.3 is 5.97 Å². The summed E-state index contributed by atoms with van der Waals surface area (Å²) >= 11 is 0. The third-order valence-corrected chi connectivity index (χ3v) is 8.13. The molecule has 1 heterocycles. The molecule has 1 saturated heterocycles. The number of carbonyl (C=O) groups is 7. The number of aliphatic hydroxyl groups excluding tert-OH is 1. The molecule has 7 atom stereocenters. The molecule has 0 bridgehead atoms. The second-order valence-electron chi connectivity index (χ2n) is 12.9. The maximum absolute atomic E-state index is 13.7. The van der Waals surface area contributed by atoms with E-state index in [1.165, 1.54) is 24.0 Å². The van der Waals surface area contributed by atoms with E-state index in [2.05, 4.69) is 21.3 Å². The Morgan fingerprint density at radius 3 is 1.92 bits per heavy atom. The molecule has 17 nitrogen and oxygen atoms in total. The third kappa shape index (κ3) is 11.7. The summed E-state index contributed by atoms with van der Waals surface area (Å²) in [5.74, 6) is -7.21. The molecule has 1 fully saturated rings. The smallest absolute Gasteiger partial charge is 0.326 e. The summed E-state index contributed by atoms with van der Waals surface area (Å²) in [5.41, 5.74) is 12.0. The van der Waals surface area contributed by atoms with Crippen molar-refractivity contribution in [3.05, 3.63) is 29.8 Å². The molecule has 272 valence electrons. The lowest BCUT2D eigenvalue weighted by molar-refractivity contribution is -0.144. The number of hydrogen-bond donors (Lipinski definition) is 9. The number of nitrogens with one attached hydrogen (secondary N) is 4. The first-order valence-corrected chi connectivity index (χ1v) is 16.1. The molecule has 1 aliphatic heterocycles. The van der Waals surface area contributed by atoms with Crippen LogP contribution in [0.5, 0.6) is 5.75 Å². The van der Waals surface area contributed by atoms with Crippen molar-refractivity contribution in [2.75, 3.05) is 6.54 Å². The number of carboxylic acid groups (broad SMARTS) is 1. The van der Waals surface area contributed by atoms with Crippen LogP contribution < -0.4 is 32.7 Å². The molecule has 17 heteroatoms. The molecule has 1 aliphatic rings. The standard InChI is InChI=1S/C32H49N7O10/c1-15(2)24(36-27(43)20(33)13-18-8-10-19(41)11-9-18)31(47)39-12-6-7-22(39)29(45)38-26(17(5)40)30(46)35-21(14-23(34)42)28(44)37-25(16(3)4)32(48)49/h8-11,15-17,20-22,24-26,40-41H,6-7,12-14,33H2,1-5H3,(H2,34,42)(H,35,46)(H,36,43)(H,37,44)(H,38,45)(H,48,49)/t17-,20+,21+,22+,24+,25+,26+/m1/s1. The van der Waals surface area contributed by atoms with Crippen LogP contribution in [-0.2, 0) is 40.0 Å². The van der Waals surface area contributed by atoms with Crippen molar-refractivity contribution < 1.29 is 48.9 Å². The summed E-state index contributed by atoms with van der Waals surface area (Å²) in [6, 6.07) is -1.57. The highest BCUT2D eigenvalue weighted by molar-refractivity contribution is 5.98. The van der Waals surface area contributed by atoms with Gasteiger partial charge in [0, 0.05) is 6.54 Å². The van der Waals surface area contributed by atoms with Gasteiger partial charge in [-0.25, -0.2) is 4.79 Å². The van der Waals surface area contributed by atoms with Gasteiger partial charge in [0.2, 0.25) is 35.4 Å². The number of nitrogens with two attached hydrogens (primary N) is 2. The molecule has 2 rings (SSSR count). The first kappa shape index (κ1) is 40.4. The Morgan fingerprint density at radius 1 is 0.837 bits per heavy atom. The van der Waals surface area contributed by atoms with Crippen molar-refractivity contribution >= 4 is 41.4 Å². The SMILES string of the molecule is CC(C)[C@H](NC(=O)[C@H](CC(N)=O)NC(=O)[C@@H](NC(=O)[C@@H]1CCCN1C(=O)[C@@H](NC(=O)[C@@H](N)Cc1ccc(O)cc1)C(C)C)[C@@H](C)O)C(=O)O. The van der Waals surface area contributed by atoms with E-state index in [4.69, 9.17) is 11.5 Å². The maximum Gasteiger partial charge on any atom is 0.326 e. The lowest BCUT2D eigenvalue weighted by atomic mass is 10.00. The molecule has 1 aromatic rings. The summed E-state index contributed by atoms with van der Waals surface area (Å²) in [6.07, 6.45) is -1.43. The zero-order valence-corrected chi connectivity index (χ0v) is 28.3. The van der Waals surface area contributed by atoms with Crippen LogP contribution >= 0.6 is 0 Å². The fourth-order valence-electron chi connectivity index (χ4n) is 5.33. The minimum atomic E-state index is -1.65. The Bertz CT molecular complexity index is 1370. The monoisotopic (exact) mass is 691 g/mol. The predicted molar refractivity (Wildman–Crippen MR) is 175 cm³/mol. The largest absolute Gasteiger partial charge is 0.508 e. The number of aromatic hydroxyl groups is 1. The molecule has 0 unspecified atom stereocenters. The van der Waals surface area contributed by atoms with Crippen LogP contribution in [0, 0.1) is 11.8 Å². The van der Waals surface area contributed by atoms with Crippen molar-refractivity contribution in [3.8, 4) is 5.75 Å². The van der Waals surface area contributed by atoms with E-state index in [0.717, 1.165) is 0 Å². The topological polar surface area (TPSA) is 284 Å². The molecular formula is C32H49N7O10. The van der Waals surface area contributed by atoms with Gasteiger partial charge in [-0.1, -0.05) is 39.8 Å². The molecule has 0 spiro atoms. The number of primary amides is 1. The summed E-state index contributed by atoms with van der Waals surface area (Å²) in [4.78, 5) is 90.8. The van der Waals surface area contributed by atoms with Crippen molar-refractivity contribution in [1.29, 1.82) is 0 Å². The highest BCUT2D eigenvalue weighted by Crippen LogP contribution is 2.21. The van der Waals surface area contributed by atoms with E-state index in [9.17, 15) is 48.9 Å². The number of phenols is 1. The van der Waals surface area contributed by atoms with E-state index in [1.807, 2.05) is 0 Å². The van der Waals surface area contributed by atoms with Crippen LogP contribution in [0.2, 0.25) is 0 Å². The molecular weight excluding hydrogens is 642 g/mol. The normalized spacial score (nSPS) is 18.1. The Balaban J connectivity index is 2.16. The van der Waals surface area contributed by atoms with Gasteiger partial charge in [-0.2, -0.15) is 0 Å². The van der Waals surface area contributed by atoms with Crippen LogP contribution in [-0.4, -0.2) is 111 Å². The molecule has 0 aliphatic carbocycles. The lowest BCUT2D eigenvalue weighted by Gasteiger charge is -2.32. The number of hydrogen-bond acceptors (Lipinski definition) is 10. The van der Waals surface area contributed by atoms with Gasteiger partial charge in [0.25, 0.3) is 0 Å². The van der Waals surface area contributed by atoms with Crippen molar-refractivity contribution in [3.63, 3.8) is 0 Å². The van der Waals surface area contributed by atoms with E-state index in [0.29, 0.717) is 12.0 Å². The van der Waals surface area contributed by atoms with Crippen LogP contribution in [0.1, 0.15) is 59.4 Å². The van der Waals surface area contributed by atoms with Gasteiger partial charge in [-0.05, 0) is 55.7 Å². The van der Waals surface area contributed by atoms with E-state index < -0.39 is 102 Å². The van der Waals surface area contributed by atoms with Gasteiger partial charge in [0.15, 0.2) is 0 Å². The van der Waals surface area contributed by atoms with E-state index >= 15 is 0 Å². The van der Waals surface area contributed by atoms with Crippen LogP contribution in [0.25, 0.3) is 0 Å². The Hall–Kier alpha value is -4.77. The summed E-state index contributed by atoms with van der Waals surface area (Å²) in [6.45, 7) is 7.89. The fraction of sp³-hybridized carbons (Fsp3) is 0.594. The number of rotatable bonds is 17. The molecule has 0 saturated carbocycles. The Morgan fingerprint density at radius 2 is 1.41 bits per heavy atom. The zero-order valence-electron chi connectivity index (χ0n) is 28.3. The van der Waals surface area contributed by atoms with Crippen LogP contribution in [0.4, 0.5) is 0 Å². The van der Waals surface area contributed by atoms with Crippen LogP contribution in [0.15, 0.2) is 24.3 Å². The van der Waals surface area contributed by atoms with Gasteiger partial charge in [-0.15, -0.1) is 0 Å². The van der Waals surface area contributed by atoms with E-state index in [-0.39, 0.29) is 25.1 Å². The zero-order chi connectivity index (χ0) is 37.2. The Labute approximate surface area is 284 Å². The molecule has 6 amide bonds. The Kier molecular flexibility index (Phi) is 14.9. The second-order valence-corrected chi connectivity index (χ2v) is 12.9. The molecule has 0 aromatic heterocycles. The fourth-order valence-corrected chi connectivity index (χ4v) is 5.33. The van der Waals surface area contributed by atoms with Crippen molar-refractivity contribution in [2.24, 2.45) is 23.3 Å². The quantitative estimate of drug-likeness (QED) is 0.0849. The number of carboxylic acids is 1. The number of nitrogens with zero attached hydrogens (tertiary/aromatic N) is 1. The summed E-state index contributed by atoms with van der Waals surface area (Å²) < 4.78 is 0. The maximum atomic E-state index is 13.7. The highest BCUT2D eigenvalue weighted by Gasteiger charge is 2.41. The summed E-state index contributed by atoms with van der Waals surface area (Å²) in [7, 11) is 0. The van der Waals surface area contributed by atoms with Gasteiger partial charge in [-0.3, -0.25) is 28.8 Å². The lowest BCUT2D eigenvalue weighted by Crippen LogP contribution is -2.61. The number of carbonyl (C=O) groups excluding carboxylic acids is 6. The molecule has 11 N–H and O–H groups in total. The van der Waals surface area contributed by atoms with Crippen LogP contribution in [0.3, 0.4) is 0 Å². The van der Waals surface area contributed by atoms with E-state index in [1.54, 1.807) is 39.8 Å². The number of aliphatic carboxylic acids is 1. The highest BCUT2D eigenvalue weighted by atomic mass is 16.4. The summed E-state index contributed by atoms with van der Waals surface area (Å²) in [5, 5.41) is 38.9. The minimum absolute atomic E-state index is 0.0595. The third-order valence-electron chi connectivity index (χ3n) is 8.13. The number of benzene rings is 1. The number of aliphatic hydroxyl groups is 1. The van der Waals surface area contributed by atoms with Gasteiger partial charge in [0.1, 0.15) is 36.0 Å². The molecule has 49 heavy (non-hydrogen) atoms. The predicted octanol–water partition coefficient (Wildman–Crippen LogP) is -2.15. The van der Waals surface area contributed by atoms with Gasteiger partial charge < -0.3 is 53.0 Å². The van der Waals surface area contributed by atoms with Crippen molar-refractivity contribution in [1.82, 2.24) is 26.2 Å².